The molecule has 6 nitrogen and oxygen atoms in total. The summed E-state index contributed by atoms with van der Waals surface area (Å²) in [5.41, 5.74) is 0.802. The van der Waals surface area contributed by atoms with E-state index in [1.807, 2.05) is 45.0 Å². The Bertz CT molecular complexity index is 585. The minimum absolute atomic E-state index is 0.630. The summed E-state index contributed by atoms with van der Waals surface area (Å²) in [6.07, 6.45) is 9.27. The highest BCUT2D eigenvalue weighted by atomic mass is 28.4. The number of carbonyl (C=O) groups excluding carboxylic acids is 1. The molecular weight excluding hydrogens is 400 g/mol. The van der Waals surface area contributed by atoms with Crippen molar-refractivity contribution in [3.05, 3.63) is 35.9 Å². The van der Waals surface area contributed by atoms with Crippen molar-refractivity contribution < 1.29 is 27.9 Å². The summed E-state index contributed by atoms with van der Waals surface area (Å²) in [5.74, 6) is -0.403. The number of ether oxygens (including phenoxy) is 1. The molecule has 1 aromatic carbocycles. The maximum atomic E-state index is 10.4. The Balaban J connectivity index is 2.14. The molecule has 0 aliphatic carbocycles. The second-order valence-electron chi connectivity index (χ2n) is 6.92. The van der Waals surface area contributed by atoms with Gasteiger partial charge in [0, 0.05) is 25.9 Å². The van der Waals surface area contributed by atoms with Crippen LogP contribution in [0.4, 0.5) is 0 Å². The fourth-order valence-electron chi connectivity index (χ4n) is 3.18. The predicted molar refractivity (Wildman–Crippen MR) is 119 cm³/mol. The Kier molecular flexibility index (Phi) is 14.1. The lowest BCUT2D eigenvalue weighted by Crippen LogP contribution is -2.45. The number of hydrogen-bond acceptors (Lipinski definition) is 6. The zero-order valence-corrected chi connectivity index (χ0v) is 19.7. The summed E-state index contributed by atoms with van der Waals surface area (Å²) in [7, 11) is -2.49. The maximum Gasteiger partial charge on any atom is 0.500 e. The average Bonchev–Trinajstić information content (AvgIpc) is 2.72. The predicted octanol–water partition coefficient (Wildman–Crippen LogP) is 4.22. The van der Waals surface area contributed by atoms with E-state index in [0.717, 1.165) is 49.1 Å². The molecule has 0 aromatic heterocycles. The van der Waals surface area contributed by atoms with Gasteiger partial charge in [0.1, 0.15) is 5.75 Å². The molecule has 1 rings (SSSR count). The quantitative estimate of drug-likeness (QED) is 0.194. The summed E-state index contributed by atoms with van der Waals surface area (Å²) in [6, 6.07) is 8.23. The van der Waals surface area contributed by atoms with E-state index in [2.05, 4.69) is 0 Å². The second-order valence-corrected chi connectivity index (χ2v) is 9.66. The number of benzene rings is 1. The lowest BCUT2D eigenvalue weighted by atomic mass is 10.1. The summed E-state index contributed by atoms with van der Waals surface area (Å²) < 4.78 is 23.4. The third-order valence-electron chi connectivity index (χ3n) is 4.53. The molecule has 0 heterocycles. The van der Waals surface area contributed by atoms with Gasteiger partial charge in [-0.3, -0.25) is 0 Å². The number of carboxylic acids is 1. The monoisotopic (exact) mass is 437 g/mol. The molecule has 0 fully saturated rings. The van der Waals surface area contributed by atoms with E-state index in [-0.39, 0.29) is 0 Å². The SMILES string of the molecule is CCO[Si](CCCCCCCCOc1ccc(/C=C/C(=O)[O-])cc1)(OCC)OCC. The summed E-state index contributed by atoms with van der Waals surface area (Å²) in [4.78, 5) is 10.4. The van der Waals surface area contributed by atoms with Crippen LogP contribution in [-0.4, -0.2) is 41.2 Å². The third kappa shape index (κ3) is 11.5. The van der Waals surface area contributed by atoms with Gasteiger partial charge in [-0.1, -0.05) is 43.9 Å². The molecule has 7 heteroatoms. The smallest absolute Gasteiger partial charge is 0.500 e. The van der Waals surface area contributed by atoms with Crippen LogP contribution in [0, 0.1) is 0 Å². The topological polar surface area (TPSA) is 77.1 Å². The zero-order chi connectivity index (χ0) is 22.1. The highest BCUT2D eigenvalue weighted by molar-refractivity contribution is 6.60. The summed E-state index contributed by atoms with van der Waals surface area (Å²) >= 11 is 0. The minimum atomic E-state index is -2.49. The fraction of sp³-hybridized carbons (Fsp3) is 0.609. The van der Waals surface area contributed by atoms with Gasteiger partial charge in [0.05, 0.1) is 12.6 Å². The molecule has 30 heavy (non-hydrogen) atoms. The van der Waals surface area contributed by atoms with Gasteiger partial charge in [-0.15, -0.1) is 0 Å². The molecule has 0 saturated carbocycles. The van der Waals surface area contributed by atoms with Gasteiger partial charge in [0.2, 0.25) is 0 Å². The Morgan fingerprint density at radius 3 is 1.93 bits per heavy atom. The Morgan fingerprint density at radius 1 is 0.867 bits per heavy atom. The van der Waals surface area contributed by atoms with Crippen molar-refractivity contribution in [2.24, 2.45) is 0 Å². The van der Waals surface area contributed by atoms with Crippen molar-refractivity contribution >= 4 is 20.8 Å². The molecule has 0 radical (unpaired) electrons. The molecular formula is C23H37O6Si-. The van der Waals surface area contributed by atoms with Crippen molar-refractivity contribution in [2.45, 2.75) is 65.3 Å². The van der Waals surface area contributed by atoms with Gasteiger partial charge >= 0.3 is 8.80 Å². The Labute approximate surface area is 182 Å². The average molecular weight is 438 g/mol. The van der Waals surface area contributed by atoms with Crippen molar-refractivity contribution in [1.82, 2.24) is 0 Å². The van der Waals surface area contributed by atoms with Crippen LogP contribution in [0.15, 0.2) is 30.3 Å². The van der Waals surface area contributed by atoms with Gasteiger partial charge in [0.25, 0.3) is 0 Å². The lowest BCUT2D eigenvalue weighted by Gasteiger charge is -2.28. The number of rotatable bonds is 18. The first-order valence-electron chi connectivity index (χ1n) is 11.1. The van der Waals surface area contributed by atoms with E-state index < -0.39 is 14.8 Å². The first kappa shape index (κ1) is 26.4. The van der Waals surface area contributed by atoms with Gasteiger partial charge in [-0.05, 0) is 57.4 Å². The van der Waals surface area contributed by atoms with Crippen LogP contribution in [0.5, 0.6) is 5.75 Å². The van der Waals surface area contributed by atoms with Crippen molar-refractivity contribution in [2.75, 3.05) is 26.4 Å². The largest absolute Gasteiger partial charge is 0.545 e. The second kappa shape index (κ2) is 16.1. The van der Waals surface area contributed by atoms with Gasteiger partial charge in [-0.2, -0.15) is 0 Å². The van der Waals surface area contributed by atoms with Crippen LogP contribution in [-0.2, 0) is 18.1 Å². The van der Waals surface area contributed by atoms with Crippen LogP contribution in [0.2, 0.25) is 6.04 Å². The van der Waals surface area contributed by atoms with E-state index in [1.165, 1.54) is 18.9 Å². The van der Waals surface area contributed by atoms with Crippen molar-refractivity contribution in [1.29, 1.82) is 0 Å². The Hall–Kier alpha value is -1.67. The first-order chi connectivity index (χ1) is 14.5. The van der Waals surface area contributed by atoms with Gasteiger partial charge in [-0.25, -0.2) is 0 Å². The van der Waals surface area contributed by atoms with Crippen molar-refractivity contribution in [3.8, 4) is 5.75 Å². The lowest BCUT2D eigenvalue weighted by molar-refractivity contribution is -0.297. The molecule has 0 spiro atoms. The molecule has 1 aromatic rings. The van der Waals surface area contributed by atoms with Crippen LogP contribution in [0.1, 0.15) is 64.9 Å². The standard InChI is InChI=1S/C23H38O6Si/c1-4-27-30(28-5-2,29-6-3)20-12-10-8-7-9-11-19-26-22-16-13-21(14-17-22)15-18-23(24)25/h13-18H,4-12,19-20H2,1-3H3,(H,24,25)/p-1/b18-15+. The number of carbonyl (C=O) groups is 1. The zero-order valence-electron chi connectivity index (χ0n) is 18.7. The summed E-state index contributed by atoms with van der Waals surface area (Å²) in [6.45, 7) is 8.55. The Morgan fingerprint density at radius 2 is 1.40 bits per heavy atom. The molecule has 0 unspecified atom stereocenters. The highest BCUT2D eigenvalue weighted by Gasteiger charge is 2.39. The normalized spacial score (nSPS) is 11.8. The molecule has 0 aliphatic heterocycles. The van der Waals surface area contributed by atoms with E-state index in [9.17, 15) is 9.90 Å². The third-order valence-corrected chi connectivity index (χ3v) is 7.68. The minimum Gasteiger partial charge on any atom is -0.545 e. The number of unbranched alkanes of at least 4 members (excludes halogenated alkanes) is 5. The highest BCUT2D eigenvalue weighted by Crippen LogP contribution is 2.21. The van der Waals surface area contributed by atoms with Crippen LogP contribution in [0.3, 0.4) is 0 Å². The molecule has 170 valence electrons. The molecule has 0 atom stereocenters. The molecule has 0 bridgehead atoms. The fourth-order valence-corrected chi connectivity index (χ4v) is 5.87. The first-order valence-corrected chi connectivity index (χ1v) is 13.0. The van der Waals surface area contributed by atoms with Gasteiger partial charge < -0.3 is 27.9 Å². The number of carboxylic acid groups (broad SMARTS) is 1. The number of aliphatic carboxylic acids is 1. The van der Waals surface area contributed by atoms with E-state index in [1.54, 1.807) is 0 Å². The summed E-state index contributed by atoms with van der Waals surface area (Å²) in [5, 5.41) is 10.4. The van der Waals surface area contributed by atoms with Gasteiger partial charge in [0.15, 0.2) is 0 Å². The van der Waals surface area contributed by atoms with E-state index in [0.29, 0.717) is 26.4 Å². The van der Waals surface area contributed by atoms with E-state index >= 15 is 0 Å². The number of hydrogen-bond donors (Lipinski definition) is 0. The maximum absolute atomic E-state index is 10.4. The van der Waals surface area contributed by atoms with Crippen molar-refractivity contribution in [3.63, 3.8) is 0 Å². The van der Waals surface area contributed by atoms with Crippen LogP contribution >= 0.6 is 0 Å². The van der Waals surface area contributed by atoms with Crippen LogP contribution < -0.4 is 9.84 Å². The molecule has 0 saturated heterocycles. The van der Waals surface area contributed by atoms with E-state index in [4.69, 9.17) is 18.0 Å². The molecule has 0 amide bonds. The molecule has 0 N–H and O–H groups in total. The molecule has 0 aliphatic rings. The van der Waals surface area contributed by atoms with Crippen LogP contribution in [0.25, 0.3) is 6.08 Å².